The molecule has 8 heteroatoms. The van der Waals surface area contributed by atoms with Gasteiger partial charge in [0.25, 0.3) is 5.91 Å². The average Bonchev–Trinajstić information content (AvgIpc) is 3.28. The zero-order chi connectivity index (χ0) is 20.8. The molecular weight excluding hydrogens is 382 g/mol. The second-order valence-electron chi connectivity index (χ2n) is 7.99. The van der Waals surface area contributed by atoms with Crippen LogP contribution in [0.4, 0.5) is 0 Å². The van der Waals surface area contributed by atoms with Gasteiger partial charge in [0.05, 0.1) is 11.9 Å². The lowest BCUT2D eigenvalue weighted by molar-refractivity contribution is -0.136. The van der Waals surface area contributed by atoms with Crippen molar-refractivity contribution in [2.75, 3.05) is 13.1 Å². The van der Waals surface area contributed by atoms with Crippen LogP contribution in [-0.4, -0.2) is 51.5 Å². The van der Waals surface area contributed by atoms with Crippen LogP contribution in [0.5, 0.6) is 0 Å². The third-order valence-corrected chi connectivity index (χ3v) is 6.14. The highest BCUT2D eigenvalue weighted by Crippen LogP contribution is 2.35. The van der Waals surface area contributed by atoms with Crippen LogP contribution in [0.2, 0.25) is 0 Å². The van der Waals surface area contributed by atoms with Crippen molar-refractivity contribution in [2.45, 2.75) is 31.8 Å². The summed E-state index contributed by atoms with van der Waals surface area (Å²) in [4.78, 5) is 38.2. The highest BCUT2D eigenvalue weighted by Gasteiger charge is 2.39. The van der Waals surface area contributed by atoms with Gasteiger partial charge >= 0.3 is 0 Å². The minimum absolute atomic E-state index is 0.154. The highest BCUT2D eigenvalue weighted by molar-refractivity contribution is 6.05. The molecule has 3 amide bonds. The molecule has 0 spiro atoms. The first kappa shape index (κ1) is 18.7. The monoisotopic (exact) mass is 405 g/mol. The number of amides is 3. The van der Waals surface area contributed by atoms with Crippen LogP contribution in [0, 0.1) is 0 Å². The van der Waals surface area contributed by atoms with Crippen molar-refractivity contribution in [2.24, 2.45) is 7.05 Å². The van der Waals surface area contributed by atoms with Crippen molar-refractivity contribution in [3.8, 4) is 11.1 Å². The maximum absolute atomic E-state index is 12.9. The van der Waals surface area contributed by atoms with Crippen molar-refractivity contribution in [3.63, 3.8) is 0 Å². The van der Waals surface area contributed by atoms with Crippen LogP contribution in [0.3, 0.4) is 0 Å². The molecule has 154 valence electrons. The highest BCUT2D eigenvalue weighted by atomic mass is 16.2. The molecular formula is C22H23N5O3. The Kier molecular flexibility index (Phi) is 4.51. The molecule has 1 fully saturated rings. The van der Waals surface area contributed by atoms with Crippen molar-refractivity contribution >= 4 is 23.3 Å². The summed E-state index contributed by atoms with van der Waals surface area (Å²) < 4.78 is 1.90. The number of imide groups is 1. The maximum Gasteiger partial charge on any atom is 0.255 e. The van der Waals surface area contributed by atoms with Crippen molar-refractivity contribution in [1.29, 1.82) is 0 Å². The molecule has 3 aliphatic rings. The van der Waals surface area contributed by atoms with Gasteiger partial charge in [0.1, 0.15) is 6.04 Å². The number of hydrogen-bond donors (Lipinski definition) is 2. The molecule has 5 rings (SSSR count). The molecule has 1 unspecified atom stereocenters. The van der Waals surface area contributed by atoms with Gasteiger partial charge in [-0.05, 0) is 48.2 Å². The number of aromatic nitrogens is 2. The van der Waals surface area contributed by atoms with Gasteiger partial charge < -0.3 is 10.2 Å². The standard InChI is InChI=1S/C22H23N5O3/c1-26-20(13-6-8-23-9-7-13)17(11-24-26)14-2-3-16-15(10-14)12-27(22(16)30)18-4-5-19(28)25-21(18)29/h2-3,6,10-11,18,23H,4-5,7-9,12H2,1H3,(H,25,28,29). The Morgan fingerprint density at radius 2 is 2.00 bits per heavy atom. The van der Waals surface area contributed by atoms with Gasteiger partial charge in [0, 0.05) is 37.7 Å². The fraction of sp³-hybridized carbons (Fsp3) is 0.364. The van der Waals surface area contributed by atoms with E-state index in [1.54, 1.807) is 4.90 Å². The number of nitrogens with one attached hydrogen (secondary N) is 2. The fourth-order valence-corrected chi connectivity index (χ4v) is 4.61. The van der Waals surface area contributed by atoms with Gasteiger partial charge in [-0.3, -0.25) is 24.4 Å². The number of nitrogens with zero attached hydrogens (tertiary/aromatic N) is 3. The Morgan fingerprint density at radius 3 is 2.77 bits per heavy atom. The van der Waals surface area contributed by atoms with Crippen LogP contribution in [0.1, 0.15) is 40.9 Å². The Bertz CT molecular complexity index is 1100. The molecule has 4 heterocycles. The number of hydrogen-bond acceptors (Lipinski definition) is 5. The number of benzene rings is 1. The summed E-state index contributed by atoms with van der Waals surface area (Å²) in [5.74, 6) is -0.822. The lowest BCUT2D eigenvalue weighted by Crippen LogP contribution is -2.52. The molecule has 0 radical (unpaired) electrons. The molecule has 8 nitrogen and oxygen atoms in total. The Hall–Kier alpha value is -3.26. The van der Waals surface area contributed by atoms with Crippen LogP contribution in [0.15, 0.2) is 30.5 Å². The summed E-state index contributed by atoms with van der Waals surface area (Å²) in [5, 5.41) is 10.2. The normalized spacial score (nSPS) is 21.5. The van der Waals surface area contributed by atoms with Crippen molar-refractivity contribution < 1.29 is 14.4 Å². The third-order valence-electron chi connectivity index (χ3n) is 6.14. The molecule has 2 N–H and O–H groups in total. The lowest BCUT2D eigenvalue weighted by atomic mass is 9.96. The maximum atomic E-state index is 12.9. The van der Waals surface area contributed by atoms with E-state index in [1.165, 1.54) is 5.57 Å². The van der Waals surface area contributed by atoms with E-state index in [0.29, 0.717) is 18.5 Å². The SMILES string of the molecule is Cn1ncc(-c2ccc3c(c2)CN(C2CCC(=O)NC2=O)C3=O)c1C1=CCNCC1. The van der Waals surface area contributed by atoms with Crippen molar-refractivity contribution in [3.05, 3.63) is 47.3 Å². The molecule has 1 aromatic carbocycles. The molecule has 2 aromatic rings. The number of piperidine rings is 1. The first-order valence-electron chi connectivity index (χ1n) is 10.2. The molecule has 1 atom stereocenters. The van der Waals surface area contributed by atoms with Gasteiger partial charge in [0.2, 0.25) is 11.8 Å². The van der Waals surface area contributed by atoms with Crippen LogP contribution in [0.25, 0.3) is 16.7 Å². The third kappa shape index (κ3) is 3.04. The summed E-state index contributed by atoms with van der Waals surface area (Å²) >= 11 is 0. The molecule has 0 aliphatic carbocycles. The summed E-state index contributed by atoms with van der Waals surface area (Å²) in [5.41, 5.74) is 5.94. The molecule has 0 bridgehead atoms. The topological polar surface area (TPSA) is 96.3 Å². The van der Waals surface area contributed by atoms with Crippen LogP contribution < -0.4 is 10.6 Å². The largest absolute Gasteiger partial charge is 0.322 e. The predicted molar refractivity (Wildman–Crippen MR) is 110 cm³/mol. The van der Waals surface area contributed by atoms with E-state index in [9.17, 15) is 14.4 Å². The van der Waals surface area contributed by atoms with Gasteiger partial charge in [0.15, 0.2) is 0 Å². The lowest BCUT2D eigenvalue weighted by Gasteiger charge is -2.29. The Balaban J connectivity index is 1.47. The molecule has 3 aliphatic heterocycles. The zero-order valence-electron chi connectivity index (χ0n) is 16.8. The minimum Gasteiger partial charge on any atom is -0.322 e. The molecule has 1 aromatic heterocycles. The molecule has 1 saturated heterocycles. The summed E-state index contributed by atoms with van der Waals surface area (Å²) in [6.45, 7) is 2.16. The average molecular weight is 405 g/mol. The van der Waals surface area contributed by atoms with E-state index in [2.05, 4.69) is 21.8 Å². The van der Waals surface area contributed by atoms with Crippen molar-refractivity contribution in [1.82, 2.24) is 25.3 Å². The van der Waals surface area contributed by atoms with E-state index in [4.69, 9.17) is 0 Å². The van der Waals surface area contributed by atoms with Gasteiger partial charge in [-0.1, -0.05) is 12.1 Å². The van der Waals surface area contributed by atoms with E-state index >= 15 is 0 Å². The first-order chi connectivity index (χ1) is 14.5. The summed E-state index contributed by atoms with van der Waals surface area (Å²) in [6.07, 6.45) is 5.64. The number of carbonyl (C=O) groups is 3. The number of aryl methyl sites for hydroxylation is 1. The molecule has 0 saturated carbocycles. The van der Waals surface area contributed by atoms with E-state index in [0.717, 1.165) is 41.9 Å². The number of rotatable bonds is 3. The summed E-state index contributed by atoms with van der Waals surface area (Å²) in [7, 11) is 1.95. The smallest absolute Gasteiger partial charge is 0.255 e. The first-order valence-corrected chi connectivity index (χ1v) is 10.2. The Morgan fingerprint density at radius 1 is 1.13 bits per heavy atom. The quantitative estimate of drug-likeness (QED) is 0.749. The van der Waals surface area contributed by atoms with Gasteiger partial charge in [-0.2, -0.15) is 5.10 Å². The zero-order valence-corrected chi connectivity index (χ0v) is 16.8. The number of fused-ring (bicyclic) bond motifs is 1. The minimum atomic E-state index is -0.597. The van der Waals surface area contributed by atoms with E-state index in [1.807, 2.05) is 36.1 Å². The fourth-order valence-electron chi connectivity index (χ4n) is 4.61. The van der Waals surface area contributed by atoms with E-state index < -0.39 is 6.04 Å². The molecule has 30 heavy (non-hydrogen) atoms. The van der Waals surface area contributed by atoms with Crippen LogP contribution in [-0.2, 0) is 23.2 Å². The summed E-state index contributed by atoms with van der Waals surface area (Å²) in [6, 6.07) is 5.22. The van der Waals surface area contributed by atoms with Crippen LogP contribution >= 0.6 is 0 Å². The predicted octanol–water partition coefficient (Wildman–Crippen LogP) is 1.22. The number of carbonyl (C=O) groups excluding carboxylic acids is 3. The second kappa shape index (κ2) is 7.21. The van der Waals surface area contributed by atoms with E-state index in [-0.39, 0.29) is 24.1 Å². The second-order valence-corrected chi connectivity index (χ2v) is 7.99. The van der Waals surface area contributed by atoms with Gasteiger partial charge in [-0.25, -0.2) is 0 Å². The Labute approximate surface area is 173 Å². The van der Waals surface area contributed by atoms with Gasteiger partial charge in [-0.15, -0.1) is 0 Å².